The second kappa shape index (κ2) is 7.63. The van der Waals surface area contributed by atoms with Gasteiger partial charge in [0.1, 0.15) is 12.0 Å². The van der Waals surface area contributed by atoms with E-state index in [-0.39, 0.29) is 17.2 Å². The van der Waals surface area contributed by atoms with Crippen molar-refractivity contribution in [3.05, 3.63) is 52.3 Å². The first-order valence-corrected chi connectivity index (χ1v) is 7.16. The molecule has 0 aliphatic carbocycles. The number of alkyl halides is 5. The van der Waals surface area contributed by atoms with Crippen molar-refractivity contribution < 1.29 is 30.9 Å². The summed E-state index contributed by atoms with van der Waals surface area (Å²) in [4.78, 5) is 16.7. The number of hydrogen-bond acceptors (Lipinski definition) is 6. The van der Waals surface area contributed by atoms with Gasteiger partial charge in [-0.1, -0.05) is 5.16 Å². The fraction of sp³-hybridized carbons (Fsp3) is 0.286. The molecule has 27 heavy (non-hydrogen) atoms. The van der Waals surface area contributed by atoms with E-state index < -0.39 is 42.2 Å². The molecule has 7 nitrogen and oxygen atoms in total. The highest BCUT2D eigenvalue weighted by molar-refractivity contribution is 6.07. The summed E-state index contributed by atoms with van der Waals surface area (Å²) in [7, 11) is 0. The highest BCUT2D eigenvalue weighted by Crippen LogP contribution is 2.37. The molecule has 3 N–H and O–H groups in total. The molecule has 2 aromatic rings. The maximum Gasteiger partial charge on any atom is 0.453 e. The third-order valence-corrected chi connectivity index (χ3v) is 3.18. The minimum Gasteiger partial charge on any atom is -0.383 e. The predicted molar refractivity (Wildman–Crippen MR) is 79.7 cm³/mol. The summed E-state index contributed by atoms with van der Waals surface area (Å²) in [6.07, 6.45) is -4.62. The van der Waals surface area contributed by atoms with Gasteiger partial charge in [0, 0.05) is 19.0 Å². The highest BCUT2D eigenvalue weighted by Gasteiger charge is 2.56. The van der Waals surface area contributed by atoms with Crippen LogP contribution in [0.4, 0.5) is 26.3 Å². The number of aromatic nitrogens is 3. The normalized spacial score (nSPS) is 12.9. The molecule has 0 saturated carbocycles. The number of nitrogens with zero attached hydrogens (tertiary/aromatic N) is 2. The van der Waals surface area contributed by atoms with Gasteiger partial charge < -0.3 is 14.8 Å². The second-order valence-electron chi connectivity index (χ2n) is 5.14. The standard InChI is InChI=1S/C14H11F6N5O2/c15-7-6-23-11(24-12(7)26)8(21)5-10(9-1-4-27-25-9)22-3-2-13(16,17)14(18,19)20/h1,4-6,21-22H,2-3H2,(H,23,24,26)/b10-5-,21-8?. The molecule has 0 spiro atoms. The van der Waals surface area contributed by atoms with Crippen molar-refractivity contribution in [3.8, 4) is 0 Å². The quantitative estimate of drug-likeness (QED) is 0.493. The highest BCUT2D eigenvalue weighted by atomic mass is 19.4. The number of rotatable bonds is 7. The van der Waals surface area contributed by atoms with Crippen LogP contribution in [0.5, 0.6) is 0 Å². The molecule has 0 aliphatic heterocycles. The third kappa shape index (κ3) is 4.95. The summed E-state index contributed by atoms with van der Waals surface area (Å²) < 4.78 is 80.1. The molecule has 0 unspecified atom stereocenters. The van der Waals surface area contributed by atoms with E-state index in [1.807, 2.05) is 4.98 Å². The van der Waals surface area contributed by atoms with Gasteiger partial charge in [-0.3, -0.25) is 10.2 Å². The topological polar surface area (TPSA) is 108 Å². The van der Waals surface area contributed by atoms with Crippen LogP contribution in [0.3, 0.4) is 0 Å². The van der Waals surface area contributed by atoms with Gasteiger partial charge in [0.25, 0.3) is 5.56 Å². The Kier molecular flexibility index (Phi) is 5.71. The number of nitrogens with one attached hydrogen (secondary N) is 3. The molecular formula is C14H11F6N5O2. The zero-order chi connectivity index (χ0) is 20.2. The lowest BCUT2D eigenvalue weighted by Gasteiger charge is -2.20. The molecular weight excluding hydrogens is 384 g/mol. The van der Waals surface area contributed by atoms with Crippen molar-refractivity contribution in [1.82, 2.24) is 20.4 Å². The van der Waals surface area contributed by atoms with Gasteiger partial charge in [-0.2, -0.15) is 26.3 Å². The zero-order valence-electron chi connectivity index (χ0n) is 13.2. The molecule has 0 aliphatic rings. The van der Waals surface area contributed by atoms with E-state index in [0.29, 0.717) is 6.20 Å². The smallest absolute Gasteiger partial charge is 0.383 e. The molecule has 2 aromatic heterocycles. The van der Waals surface area contributed by atoms with Crippen molar-refractivity contribution >= 4 is 11.4 Å². The summed E-state index contributed by atoms with van der Waals surface area (Å²) in [5.74, 6) is -6.45. The summed E-state index contributed by atoms with van der Waals surface area (Å²) in [6.45, 7) is -0.814. The lowest BCUT2D eigenvalue weighted by molar-refractivity contribution is -0.283. The molecule has 0 atom stereocenters. The van der Waals surface area contributed by atoms with Crippen LogP contribution < -0.4 is 10.9 Å². The first-order chi connectivity index (χ1) is 12.5. The predicted octanol–water partition coefficient (Wildman–Crippen LogP) is 2.48. The van der Waals surface area contributed by atoms with Crippen LogP contribution in [-0.2, 0) is 0 Å². The lowest BCUT2D eigenvalue weighted by Crippen LogP contribution is -2.38. The first-order valence-electron chi connectivity index (χ1n) is 7.16. The number of aromatic amines is 1. The van der Waals surface area contributed by atoms with Crippen LogP contribution in [0.25, 0.3) is 5.70 Å². The molecule has 13 heteroatoms. The number of hydrogen-bond donors (Lipinski definition) is 3. The SMILES string of the molecule is N=C(/C=C(\NCCC(F)(F)C(F)(F)F)c1ccon1)c1ncc(F)c(=O)[nH]1. The van der Waals surface area contributed by atoms with Gasteiger partial charge >= 0.3 is 12.1 Å². The minimum absolute atomic E-state index is 0.000432. The van der Waals surface area contributed by atoms with Gasteiger partial charge in [0.2, 0.25) is 5.82 Å². The van der Waals surface area contributed by atoms with E-state index in [1.165, 1.54) is 6.07 Å². The Balaban J connectivity index is 2.20. The number of halogens is 6. The summed E-state index contributed by atoms with van der Waals surface area (Å²) >= 11 is 0. The molecule has 0 saturated heterocycles. The van der Waals surface area contributed by atoms with Crippen LogP contribution in [0.2, 0.25) is 0 Å². The van der Waals surface area contributed by atoms with Crippen molar-refractivity contribution in [2.24, 2.45) is 0 Å². The Morgan fingerprint density at radius 3 is 2.59 bits per heavy atom. The molecule has 0 amide bonds. The average Bonchev–Trinajstić information content (AvgIpc) is 3.09. The van der Waals surface area contributed by atoms with E-state index in [0.717, 1.165) is 12.3 Å². The minimum atomic E-state index is -5.70. The Morgan fingerprint density at radius 1 is 1.33 bits per heavy atom. The first kappa shape index (κ1) is 20.2. The van der Waals surface area contributed by atoms with Crippen LogP contribution in [0.15, 0.2) is 33.9 Å². The summed E-state index contributed by atoms with van der Waals surface area (Å²) in [5.41, 5.74) is -1.77. The van der Waals surface area contributed by atoms with Crippen LogP contribution >= 0.6 is 0 Å². The van der Waals surface area contributed by atoms with Crippen LogP contribution in [0, 0.1) is 11.2 Å². The fourth-order valence-electron chi connectivity index (χ4n) is 1.79. The van der Waals surface area contributed by atoms with E-state index in [4.69, 9.17) is 5.41 Å². The summed E-state index contributed by atoms with van der Waals surface area (Å²) in [6, 6.07) is 1.26. The van der Waals surface area contributed by atoms with Crippen LogP contribution in [0.1, 0.15) is 17.9 Å². The van der Waals surface area contributed by atoms with E-state index in [2.05, 4.69) is 20.0 Å². The average molecular weight is 395 g/mol. The van der Waals surface area contributed by atoms with Crippen molar-refractivity contribution in [2.45, 2.75) is 18.5 Å². The van der Waals surface area contributed by atoms with Crippen LogP contribution in [-0.4, -0.2) is 39.5 Å². The third-order valence-electron chi connectivity index (χ3n) is 3.18. The van der Waals surface area contributed by atoms with Gasteiger partial charge in [0.15, 0.2) is 5.82 Å². The molecule has 0 aromatic carbocycles. The van der Waals surface area contributed by atoms with Gasteiger partial charge in [-0.05, 0) is 6.08 Å². The molecule has 2 rings (SSSR count). The lowest BCUT2D eigenvalue weighted by atomic mass is 10.2. The van der Waals surface area contributed by atoms with Crippen molar-refractivity contribution in [2.75, 3.05) is 6.54 Å². The molecule has 0 fully saturated rings. The number of allylic oxidation sites excluding steroid dienone is 1. The van der Waals surface area contributed by atoms with E-state index in [9.17, 15) is 31.1 Å². The van der Waals surface area contributed by atoms with Gasteiger partial charge in [0.05, 0.1) is 17.6 Å². The maximum absolute atomic E-state index is 13.0. The molecule has 2 heterocycles. The molecule has 146 valence electrons. The Morgan fingerprint density at radius 2 is 2.04 bits per heavy atom. The Hall–Kier alpha value is -3.12. The fourth-order valence-corrected chi connectivity index (χ4v) is 1.79. The largest absolute Gasteiger partial charge is 0.453 e. The Bertz CT molecular complexity index is 888. The monoisotopic (exact) mass is 395 g/mol. The van der Waals surface area contributed by atoms with Crippen molar-refractivity contribution in [1.29, 1.82) is 5.41 Å². The molecule has 0 bridgehead atoms. The zero-order valence-corrected chi connectivity index (χ0v) is 13.2. The molecule has 0 radical (unpaired) electrons. The van der Waals surface area contributed by atoms with Crippen molar-refractivity contribution in [3.63, 3.8) is 0 Å². The maximum atomic E-state index is 13.0. The Labute approximate surface area is 146 Å². The summed E-state index contributed by atoms with van der Waals surface area (Å²) in [5, 5.41) is 13.6. The van der Waals surface area contributed by atoms with Gasteiger partial charge in [-0.15, -0.1) is 0 Å². The second-order valence-corrected chi connectivity index (χ2v) is 5.14. The van der Waals surface area contributed by atoms with Gasteiger partial charge in [-0.25, -0.2) is 4.98 Å². The van der Waals surface area contributed by atoms with E-state index in [1.54, 1.807) is 0 Å². The number of H-pyrrole nitrogens is 1. The van der Waals surface area contributed by atoms with E-state index >= 15 is 0 Å².